The molecule has 0 saturated heterocycles. The molecule has 110 valence electrons. The molecule has 1 N–H and O–H groups in total. The van der Waals surface area contributed by atoms with Crippen LogP contribution < -0.4 is 4.72 Å². The van der Waals surface area contributed by atoms with Crippen molar-refractivity contribution in [2.24, 2.45) is 0 Å². The van der Waals surface area contributed by atoms with E-state index in [-0.39, 0.29) is 0 Å². The molecule has 0 heterocycles. The smallest absolute Gasteiger partial charge is 0.208 e. The van der Waals surface area contributed by atoms with E-state index in [0.717, 1.165) is 16.7 Å². The van der Waals surface area contributed by atoms with Gasteiger partial charge in [-0.05, 0) is 23.1 Å². The molecule has 0 aliphatic heterocycles. The Hall–Kier alpha value is -1.91. The fraction of sp³-hybridized carbons (Fsp3) is 0.176. The largest absolute Gasteiger partial charge is 0.215 e. The molecule has 0 unspecified atom stereocenters. The van der Waals surface area contributed by atoms with E-state index in [1.807, 2.05) is 36.4 Å². The first-order valence-corrected chi connectivity index (χ1v) is 8.71. The summed E-state index contributed by atoms with van der Waals surface area (Å²) in [6.45, 7) is 0.405. The number of nitrogens with one attached hydrogen (secondary N) is 1. The second-order valence-corrected chi connectivity index (χ2v) is 6.64. The lowest BCUT2D eigenvalue weighted by molar-refractivity contribution is 0.588. The third kappa shape index (κ3) is 5.17. The molecule has 2 rings (SSSR count). The summed E-state index contributed by atoms with van der Waals surface area (Å²) in [4.78, 5) is 0. The lowest BCUT2D eigenvalue weighted by Crippen LogP contribution is -2.22. The first kappa shape index (κ1) is 15.5. The molecule has 0 fully saturated rings. The van der Waals surface area contributed by atoms with Gasteiger partial charge in [0.2, 0.25) is 10.0 Å². The van der Waals surface area contributed by atoms with Crippen LogP contribution in [-0.2, 0) is 10.0 Å². The van der Waals surface area contributed by atoms with E-state index < -0.39 is 10.0 Å². The summed E-state index contributed by atoms with van der Waals surface area (Å²) in [6.07, 6.45) is 3.89. The van der Waals surface area contributed by atoms with E-state index in [1.165, 1.54) is 6.26 Å². The van der Waals surface area contributed by atoms with E-state index in [1.54, 1.807) is 0 Å². The molecule has 4 heteroatoms. The van der Waals surface area contributed by atoms with Gasteiger partial charge in [0.15, 0.2) is 0 Å². The summed E-state index contributed by atoms with van der Waals surface area (Å²) in [5.41, 5.74) is 3.37. The third-order valence-corrected chi connectivity index (χ3v) is 3.76. The third-order valence-electron chi connectivity index (χ3n) is 3.03. The van der Waals surface area contributed by atoms with Crippen LogP contribution in [0.15, 0.2) is 66.7 Å². The van der Waals surface area contributed by atoms with Gasteiger partial charge < -0.3 is 0 Å². The summed E-state index contributed by atoms with van der Waals surface area (Å²) >= 11 is 0. The molecular formula is C17H19NO2S. The molecule has 3 nitrogen and oxygen atoms in total. The van der Waals surface area contributed by atoms with Gasteiger partial charge in [-0.25, -0.2) is 13.1 Å². The second-order valence-electron chi connectivity index (χ2n) is 4.81. The molecule has 0 aromatic heterocycles. The van der Waals surface area contributed by atoms with Crippen LogP contribution in [0.5, 0.6) is 0 Å². The van der Waals surface area contributed by atoms with Gasteiger partial charge >= 0.3 is 0 Å². The van der Waals surface area contributed by atoms with Crippen LogP contribution in [0.2, 0.25) is 0 Å². The Kier molecular flexibility index (Phi) is 5.31. The predicted octanol–water partition coefficient (Wildman–Crippen LogP) is 3.06. The molecule has 0 bridgehead atoms. The van der Waals surface area contributed by atoms with Gasteiger partial charge in [-0.15, -0.1) is 0 Å². The van der Waals surface area contributed by atoms with E-state index in [2.05, 4.69) is 35.1 Å². The van der Waals surface area contributed by atoms with Crippen LogP contribution in [0.1, 0.15) is 17.5 Å². The van der Waals surface area contributed by atoms with E-state index >= 15 is 0 Å². The van der Waals surface area contributed by atoms with Crippen LogP contribution in [0.3, 0.4) is 0 Å². The zero-order chi connectivity index (χ0) is 15.1. The summed E-state index contributed by atoms with van der Waals surface area (Å²) in [6, 6.07) is 20.2. The Bertz CT molecular complexity index is 651. The molecule has 0 saturated carbocycles. The predicted molar refractivity (Wildman–Crippen MR) is 87.4 cm³/mol. The molecule has 21 heavy (non-hydrogen) atoms. The number of hydrogen-bond donors (Lipinski definition) is 1. The molecule has 0 spiro atoms. The maximum Gasteiger partial charge on any atom is 0.208 e. The summed E-state index contributed by atoms with van der Waals surface area (Å²) < 4.78 is 24.7. The van der Waals surface area contributed by atoms with Crippen LogP contribution in [0, 0.1) is 0 Å². The number of benzene rings is 2. The Morgan fingerprint density at radius 3 is 1.86 bits per heavy atom. The SMILES string of the molecule is CS(=O)(=O)NCCC=C(c1ccccc1)c1ccccc1. The Balaban J connectivity index is 2.21. The second kappa shape index (κ2) is 7.20. The lowest BCUT2D eigenvalue weighted by Gasteiger charge is -2.09. The minimum atomic E-state index is -3.13. The number of rotatable bonds is 6. The van der Waals surface area contributed by atoms with Crippen LogP contribution in [0.25, 0.3) is 5.57 Å². The van der Waals surface area contributed by atoms with E-state index in [0.29, 0.717) is 13.0 Å². The Morgan fingerprint density at radius 2 is 1.43 bits per heavy atom. The minimum absolute atomic E-state index is 0.405. The molecule has 0 amide bonds. The van der Waals surface area contributed by atoms with Crippen molar-refractivity contribution in [3.8, 4) is 0 Å². The molecule has 0 radical (unpaired) electrons. The molecule has 0 aliphatic carbocycles. The maximum absolute atomic E-state index is 11.1. The Morgan fingerprint density at radius 1 is 0.952 bits per heavy atom. The molecule has 2 aromatic rings. The van der Waals surface area contributed by atoms with Gasteiger partial charge in [0, 0.05) is 6.54 Å². The fourth-order valence-electron chi connectivity index (χ4n) is 2.10. The van der Waals surface area contributed by atoms with Crippen LogP contribution in [-0.4, -0.2) is 21.2 Å². The first-order valence-electron chi connectivity index (χ1n) is 6.82. The van der Waals surface area contributed by atoms with Gasteiger partial charge in [0.1, 0.15) is 0 Å². The van der Waals surface area contributed by atoms with Crippen LogP contribution in [0.4, 0.5) is 0 Å². The standard InChI is InChI=1S/C17H19NO2S/c1-21(19,20)18-14-8-13-17(15-9-4-2-5-10-15)16-11-6-3-7-12-16/h2-7,9-13,18H,8,14H2,1H3. The van der Waals surface area contributed by atoms with Gasteiger partial charge in [0.05, 0.1) is 6.26 Å². The summed E-state index contributed by atoms with van der Waals surface area (Å²) in [7, 11) is -3.13. The van der Waals surface area contributed by atoms with Crippen molar-refractivity contribution in [1.29, 1.82) is 0 Å². The van der Waals surface area contributed by atoms with E-state index in [9.17, 15) is 8.42 Å². The fourth-order valence-corrected chi connectivity index (χ4v) is 2.59. The summed E-state index contributed by atoms with van der Waals surface area (Å²) in [5, 5.41) is 0. The normalized spacial score (nSPS) is 11.1. The quantitative estimate of drug-likeness (QED) is 0.834. The molecule has 0 aliphatic rings. The van der Waals surface area contributed by atoms with Gasteiger partial charge in [-0.3, -0.25) is 0 Å². The maximum atomic E-state index is 11.1. The van der Waals surface area contributed by atoms with Crippen molar-refractivity contribution in [3.05, 3.63) is 77.9 Å². The zero-order valence-electron chi connectivity index (χ0n) is 12.0. The minimum Gasteiger partial charge on any atom is -0.215 e. The highest BCUT2D eigenvalue weighted by atomic mass is 32.2. The monoisotopic (exact) mass is 301 g/mol. The van der Waals surface area contributed by atoms with Gasteiger partial charge in [0.25, 0.3) is 0 Å². The average Bonchev–Trinajstić information content (AvgIpc) is 2.48. The van der Waals surface area contributed by atoms with Crippen molar-refractivity contribution in [2.75, 3.05) is 12.8 Å². The molecule has 2 aromatic carbocycles. The van der Waals surface area contributed by atoms with Crippen molar-refractivity contribution < 1.29 is 8.42 Å². The lowest BCUT2D eigenvalue weighted by atomic mass is 9.97. The topological polar surface area (TPSA) is 46.2 Å². The highest BCUT2D eigenvalue weighted by Crippen LogP contribution is 2.23. The van der Waals surface area contributed by atoms with E-state index in [4.69, 9.17) is 0 Å². The van der Waals surface area contributed by atoms with Crippen LogP contribution >= 0.6 is 0 Å². The number of hydrogen-bond acceptors (Lipinski definition) is 2. The van der Waals surface area contributed by atoms with Gasteiger partial charge in [-0.2, -0.15) is 0 Å². The number of sulfonamides is 1. The van der Waals surface area contributed by atoms with Crippen molar-refractivity contribution in [3.63, 3.8) is 0 Å². The zero-order valence-corrected chi connectivity index (χ0v) is 12.8. The molecule has 0 atom stereocenters. The van der Waals surface area contributed by atoms with Crippen molar-refractivity contribution >= 4 is 15.6 Å². The first-order chi connectivity index (χ1) is 10.1. The van der Waals surface area contributed by atoms with Gasteiger partial charge in [-0.1, -0.05) is 66.7 Å². The average molecular weight is 301 g/mol. The summed E-state index contributed by atoms with van der Waals surface area (Å²) in [5.74, 6) is 0. The van der Waals surface area contributed by atoms with Crippen molar-refractivity contribution in [1.82, 2.24) is 4.72 Å². The highest BCUT2D eigenvalue weighted by molar-refractivity contribution is 7.88. The Labute approximate surface area is 126 Å². The highest BCUT2D eigenvalue weighted by Gasteiger charge is 2.04. The van der Waals surface area contributed by atoms with Crippen molar-refractivity contribution in [2.45, 2.75) is 6.42 Å². The molecular weight excluding hydrogens is 282 g/mol.